The predicted octanol–water partition coefficient (Wildman–Crippen LogP) is 3.10. The van der Waals surface area contributed by atoms with Gasteiger partial charge in [-0.15, -0.1) is 0 Å². The lowest BCUT2D eigenvalue weighted by atomic mass is 10.1. The summed E-state index contributed by atoms with van der Waals surface area (Å²) < 4.78 is 22.0. The van der Waals surface area contributed by atoms with E-state index < -0.39 is 0 Å². The number of methoxy groups -OCH3 is 2. The van der Waals surface area contributed by atoms with Gasteiger partial charge < -0.3 is 29.2 Å². The molecular formula is C25H28N4O5. The second-order valence-electron chi connectivity index (χ2n) is 7.61. The first-order valence-corrected chi connectivity index (χ1v) is 11.1. The maximum absolute atomic E-state index is 12.6. The normalized spacial score (nSPS) is 13.3. The van der Waals surface area contributed by atoms with Crippen molar-refractivity contribution in [1.29, 1.82) is 0 Å². The van der Waals surface area contributed by atoms with Crippen LogP contribution < -0.4 is 24.4 Å². The molecule has 0 bridgehead atoms. The average molecular weight is 465 g/mol. The molecule has 1 saturated heterocycles. The number of carbonyl (C=O) groups excluding carboxylic acids is 1. The van der Waals surface area contributed by atoms with Crippen LogP contribution in [0, 0.1) is 0 Å². The highest BCUT2D eigenvalue weighted by atomic mass is 16.5. The van der Waals surface area contributed by atoms with Gasteiger partial charge in [0.2, 0.25) is 0 Å². The number of hydrogen-bond acceptors (Lipinski definition) is 8. The molecule has 0 saturated carbocycles. The fourth-order valence-electron chi connectivity index (χ4n) is 3.63. The van der Waals surface area contributed by atoms with Gasteiger partial charge in [-0.3, -0.25) is 4.79 Å². The van der Waals surface area contributed by atoms with Crippen LogP contribution in [-0.2, 0) is 11.2 Å². The molecule has 9 nitrogen and oxygen atoms in total. The van der Waals surface area contributed by atoms with Crippen LogP contribution in [0.1, 0.15) is 15.9 Å². The molecule has 34 heavy (non-hydrogen) atoms. The minimum atomic E-state index is -0.152. The van der Waals surface area contributed by atoms with E-state index in [9.17, 15) is 4.79 Å². The summed E-state index contributed by atoms with van der Waals surface area (Å²) in [5.41, 5.74) is 1.59. The fourth-order valence-corrected chi connectivity index (χ4v) is 3.63. The highest BCUT2D eigenvalue weighted by Gasteiger charge is 2.18. The minimum Gasteiger partial charge on any atom is -0.493 e. The molecule has 178 valence electrons. The maximum atomic E-state index is 12.6. The van der Waals surface area contributed by atoms with Gasteiger partial charge in [0.1, 0.15) is 5.75 Å². The van der Waals surface area contributed by atoms with Gasteiger partial charge in [0.15, 0.2) is 17.3 Å². The molecule has 1 aromatic heterocycles. The number of ether oxygens (including phenoxy) is 4. The number of morpholine rings is 1. The summed E-state index contributed by atoms with van der Waals surface area (Å²) in [7, 11) is 3.20. The van der Waals surface area contributed by atoms with Crippen molar-refractivity contribution in [2.24, 2.45) is 0 Å². The molecule has 0 radical (unpaired) electrons. The van der Waals surface area contributed by atoms with Crippen molar-refractivity contribution in [3.63, 3.8) is 0 Å². The molecule has 0 unspecified atom stereocenters. The Kier molecular flexibility index (Phi) is 7.77. The van der Waals surface area contributed by atoms with E-state index in [4.69, 9.17) is 18.9 Å². The van der Waals surface area contributed by atoms with Crippen molar-refractivity contribution in [1.82, 2.24) is 15.3 Å². The van der Waals surface area contributed by atoms with Crippen LogP contribution in [0.25, 0.3) is 0 Å². The molecule has 0 atom stereocenters. The molecule has 4 rings (SSSR count). The zero-order chi connectivity index (χ0) is 23.8. The first-order valence-electron chi connectivity index (χ1n) is 11.1. The Bertz CT molecular complexity index is 1100. The van der Waals surface area contributed by atoms with Crippen LogP contribution in [0.4, 0.5) is 5.82 Å². The van der Waals surface area contributed by atoms with Gasteiger partial charge >= 0.3 is 0 Å². The number of amides is 1. The quantitative estimate of drug-likeness (QED) is 0.516. The van der Waals surface area contributed by atoms with Crippen molar-refractivity contribution in [3.05, 3.63) is 66.0 Å². The lowest BCUT2D eigenvalue weighted by Crippen LogP contribution is -2.37. The molecule has 3 aromatic rings. The summed E-state index contributed by atoms with van der Waals surface area (Å²) in [6.45, 7) is 3.25. The lowest BCUT2D eigenvalue weighted by Gasteiger charge is -2.28. The summed E-state index contributed by atoms with van der Waals surface area (Å²) >= 11 is 0. The molecular weight excluding hydrogens is 436 g/mol. The van der Waals surface area contributed by atoms with Crippen molar-refractivity contribution in [2.45, 2.75) is 6.42 Å². The Morgan fingerprint density at radius 2 is 1.74 bits per heavy atom. The van der Waals surface area contributed by atoms with E-state index in [1.54, 1.807) is 50.9 Å². The number of nitrogens with zero attached hydrogens (tertiary/aromatic N) is 3. The molecule has 0 spiro atoms. The van der Waals surface area contributed by atoms with Gasteiger partial charge in [0.25, 0.3) is 11.8 Å². The third kappa shape index (κ3) is 5.74. The number of anilines is 1. The SMILES string of the molecule is COc1ccc(CCNC(=O)c2ccc(Oc3nccnc3N3CCOCC3)cc2)cc1OC. The van der Waals surface area contributed by atoms with Crippen molar-refractivity contribution < 1.29 is 23.7 Å². The topological polar surface area (TPSA) is 95.0 Å². The van der Waals surface area contributed by atoms with E-state index >= 15 is 0 Å². The second kappa shape index (κ2) is 11.3. The van der Waals surface area contributed by atoms with Crippen molar-refractivity contribution in [3.8, 4) is 23.1 Å². The van der Waals surface area contributed by atoms with E-state index in [2.05, 4.69) is 20.2 Å². The second-order valence-corrected chi connectivity index (χ2v) is 7.61. The summed E-state index contributed by atoms with van der Waals surface area (Å²) in [5, 5.41) is 2.94. The molecule has 1 amide bonds. The predicted molar refractivity (Wildman–Crippen MR) is 127 cm³/mol. The molecule has 1 aliphatic heterocycles. The van der Waals surface area contributed by atoms with E-state index in [0.29, 0.717) is 60.7 Å². The van der Waals surface area contributed by atoms with Crippen LogP contribution in [0.5, 0.6) is 23.1 Å². The van der Waals surface area contributed by atoms with Crippen molar-refractivity contribution in [2.75, 3.05) is 52.0 Å². The number of benzene rings is 2. The third-order valence-electron chi connectivity index (χ3n) is 5.44. The maximum Gasteiger partial charge on any atom is 0.263 e. The lowest BCUT2D eigenvalue weighted by molar-refractivity contribution is 0.0954. The molecule has 1 N–H and O–H groups in total. The van der Waals surface area contributed by atoms with E-state index in [1.807, 2.05) is 18.2 Å². The van der Waals surface area contributed by atoms with Crippen LogP contribution in [0.3, 0.4) is 0 Å². The summed E-state index contributed by atoms with van der Waals surface area (Å²) in [5.74, 6) is 2.88. The number of hydrogen-bond donors (Lipinski definition) is 1. The van der Waals surface area contributed by atoms with Crippen LogP contribution >= 0.6 is 0 Å². The first kappa shape index (κ1) is 23.3. The number of rotatable bonds is 9. The van der Waals surface area contributed by atoms with Crippen LogP contribution in [0.15, 0.2) is 54.9 Å². The Hall–Kier alpha value is -3.85. The van der Waals surface area contributed by atoms with Gasteiger partial charge in [0.05, 0.1) is 27.4 Å². The number of carbonyl (C=O) groups is 1. The largest absolute Gasteiger partial charge is 0.493 e. The van der Waals surface area contributed by atoms with E-state index in [-0.39, 0.29) is 5.91 Å². The van der Waals surface area contributed by atoms with Gasteiger partial charge in [-0.25, -0.2) is 9.97 Å². The van der Waals surface area contributed by atoms with Gasteiger partial charge in [-0.1, -0.05) is 6.07 Å². The first-order chi connectivity index (χ1) is 16.7. The smallest absolute Gasteiger partial charge is 0.263 e. The van der Waals surface area contributed by atoms with Crippen LogP contribution in [-0.4, -0.2) is 62.9 Å². The molecule has 1 fully saturated rings. The van der Waals surface area contributed by atoms with Gasteiger partial charge in [0, 0.05) is 37.6 Å². The minimum absolute atomic E-state index is 0.152. The standard InChI is InChI=1S/C25H28N4O5/c1-31-21-8-3-18(17-22(21)32-2)9-10-27-24(30)19-4-6-20(7-5-19)34-25-23(26-11-12-28-25)29-13-15-33-16-14-29/h3-8,11-12,17H,9-10,13-16H2,1-2H3,(H,27,30). The highest BCUT2D eigenvalue weighted by molar-refractivity contribution is 5.94. The molecule has 0 aliphatic carbocycles. The van der Waals surface area contributed by atoms with Crippen LogP contribution in [0.2, 0.25) is 0 Å². The Morgan fingerprint density at radius 3 is 2.47 bits per heavy atom. The molecule has 2 heterocycles. The fraction of sp³-hybridized carbons (Fsp3) is 0.320. The zero-order valence-corrected chi connectivity index (χ0v) is 19.3. The monoisotopic (exact) mass is 464 g/mol. The Morgan fingerprint density at radius 1 is 1.00 bits per heavy atom. The Balaban J connectivity index is 1.33. The van der Waals surface area contributed by atoms with Crippen molar-refractivity contribution >= 4 is 11.7 Å². The average Bonchev–Trinajstić information content (AvgIpc) is 2.89. The third-order valence-corrected chi connectivity index (χ3v) is 5.44. The number of nitrogens with one attached hydrogen (secondary N) is 1. The van der Waals surface area contributed by atoms with Gasteiger partial charge in [-0.2, -0.15) is 0 Å². The number of aromatic nitrogens is 2. The summed E-state index contributed by atoms with van der Waals surface area (Å²) in [4.78, 5) is 23.4. The molecule has 2 aromatic carbocycles. The molecule has 1 aliphatic rings. The molecule has 9 heteroatoms. The van der Waals surface area contributed by atoms with Gasteiger partial charge in [-0.05, 0) is 48.4 Å². The zero-order valence-electron chi connectivity index (χ0n) is 19.3. The summed E-state index contributed by atoms with van der Waals surface area (Å²) in [6, 6.07) is 12.7. The highest BCUT2D eigenvalue weighted by Crippen LogP contribution is 2.29. The summed E-state index contributed by atoms with van der Waals surface area (Å²) in [6.07, 6.45) is 3.91. The van der Waals surface area contributed by atoms with E-state index in [1.165, 1.54) is 0 Å². The van der Waals surface area contributed by atoms with E-state index in [0.717, 1.165) is 18.7 Å². The Labute approximate surface area is 198 Å².